The molecule has 3 N–H and O–H groups in total. The molecule has 2 rings (SSSR count). The van der Waals surface area contributed by atoms with Crippen molar-refractivity contribution in [2.45, 2.75) is 18.9 Å². The standard InChI is InChI=1S/C9H14BN3O3/c14-8-2-1-3-13(6-8)9-11-4-7(5-12-9)10(15)16/h4-5,8,14-16H,1-3,6H2. The van der Waals surface area contributed by atoms with Crippen molar-refractivity contribution in [1.29, 1.82) is 0 Å². The molecule has 0 amide bonds. The van der Waals surface area contributed by atoms with Gasteiger partial charge in [-0.15, -0.1) is 0 Å². The van der Waals surface area contributed by atoms with Gasteiger partial charge in [0.2, 0.25) is 5.95 Å². The highest BCUT2D eigenvalue weighted by molar-refractivity contribution is 6.58. The first kappa shape index (κ1) is 11.3. The Morgan fingerprint density at radius 1 is 1.31 bits per heavy atom. The molecule has 0 bridgehead atoms. The molecule has 0 saturated carbocycles. The minimum atomic E-state index is -1.54. The first-order chi connectivity index (χ1) is 7.66. The Bertz CT molecular complexity index is 346. The molecule has 0 aromatic carbocycles. The van der Waals surface area contributed by atoms with Crippen LogP contribution in [0.1, 0.15) is 12.8 Å². The van der Waals surface area contributed by atoms with Gasteiger partial charge < -0.3 is 20.1 Å². The van der Waals surface area contributed by atoms with Crippen LogP contribution in [0.2, 0.25) is 0 Å². The molecule has 0 radical (unpaired) electrons. The third-order valence-electron chi connectivity index (χ3n) is 2.64. The third-order valence-corrected chi connectivity index (χ3v) is 2.64. The van der Waals surface area contributed by atoms with E-state index in [1.165, 1.54) is 12.4 Å². The zero-order chi connectivity index (χ0) is 11.5. The summed E-state index contributed by atoms with van der Waals surface area (Å²) in [6.07, 6.45) is 4.15. The van der Waals surface area contributed by atoms with Crippen LogP contribution in [0.25, 0.3) is 0 Å². The molecule has 0 spiro atoms. The summed E-state index contributed by atoms with van der Waals surface area (Å²) in [7, 11) is -1.54. The van der Waals surface area contributed by atoms with E-state index in [1.807, 2.05) is 4.90 Å². The number of nitrogens with zero attached hydrogens (tertiary/aromatic N) is 3. The Labute approximate surface area is 93.7 Å². The predicted octanol–water partition coefficient (Wildman–Crippen LogP) is -1.88. The van der Waals surface area contributed by atoms with Crippen LogP contribution in [0.4, 0.5) is 5.95 Å². The van der Waals surface area contributed by atoms with Gasteiger partial charge in [0.05, 0.1) is 6.10 Å². The molecule has 16 heavy (non-hydrogen) atoms. The number of rotatable bonds is 2. The maximum Gasteiger partial charge on any atom is 0.491 e. The van der Waals surface area contributed by atoms with Crippen molar-refractivity contribution in [3.05, 3.63) is 12.4 Å². The number of aliphatic hydroxyl groups excluding tert-OH is 1. The highest BCUT2D eigenvalue weighted by atomic mass is 16.4. The van der Waals surface area contributed by atoms with Crippen LogP contribution in [0.15, 0.2) is 12.4 Å². The molecule has 6 nitrogen and oxygen atoms in total. The average Bonchev–Trinajstić information content (AvgIpc) is 2.29. The van der Waals surface area contributed by atoms with Gasteiger partial charge in [-0.3, -0.25) is 0 Å². The molecule has 7 heteroatoms. The number of piperidine rings is 1. The molecule has 1 aromatic rings. The summed E-state index contributed by atoms with van der Waals surface area (Å²) in [6.45, 7) is 1.35. The topological polar surface area (TPSA) is 89.7 Å². The van der Waals surface area contributed by atoms with Crippen molar-refractivity contribution < 1.29 is 15.2 Å². The lowest BCUT2D eigenvalue weighted by Gasteiger charge is -2.29. The monoisotopic (exact) mass is 223 g/mol. The van der Waals surface area contributed by atoms with Gasteiger partial charge in [-0.1, -0.05) is 0 Å². The van der Waals surface area contributed by atoms with Crippen LogP contribution in [0.3, 0.4) is 0 Å². The highest BCUT2D eigenvalue weighted by Crippen LogP contribution is 2.14. The molecule has 1 unspecified atom stereocenters. The fourth-order valence-electron chi connectivity index (χ4n) is 1.76. The van der Waals surface area contributed by atoms with Gasteiger partial charge in [-0.2, -0.15) is 0 Å². The Balaban J connectivity index is 2.09. The van der Waals surface area contributed by atoms with Crippen LogP contribution in [0, 0.1) is 0 Å². The van der Waals surface area contributed by atoms with Crippen LogP contribution >= 0.6 is 0 Å². The molecule has 2 heterocycles. The van der Waals surface area contributed by atoms with Crippen molar-refractivity contribution in [2.24, 2.45) is 0 Å². The van der Waals surface area contributed by atoms with Gasteiger partial charge in [-0.05, 0) is 12.8 Å². The summed E-state index contributed by atoms with van der Waals surface area (Å²) in [5.41, 5.74) is 0.265. The lowest BCUT2D eigenvalue weighted by Crippen LogP contribution is -2.40. The molecule has 1 aliphatic heterocycles. The van der Waals surface area contributed by atoms with E-state index in [4.69, 9.17) is 10.0 Å². The second kappa shape index (κ2) is 4.77. The van der Waals surface area contributed by atoms with E-state index in [-0.39, 0.29) is 11.6 Å². The lowest BCUT2D eigenvalue weighted by molar-refractivity contribution is 0.153. The van der Waals surface area contributed by atoms with Crippen molar-refractivity contribution >= 4 is 18.5 Å². The van der Waals surface area contributed by atoms with E-state index in [9.17, 15) is 5.11 Å². The first-order valence-electron chi connectivity index (χ1n) is 5.28. The number of hydrogen-bond acceptors (Lipinski definition) is 6. The van der Waals surface area contributed by atoms with E-state index in [2.05, 4.69) is 9.97 Å². The lowest BCUT2D eigenvalue weighted by atomic mass is 9.83. The van der Waals surface area contributed by atoms with Gasteiger partial charge in [0.1, 0.15) is 0 Å². The average molecular weight is 223 g/mol. The molecule has 1 aromatic heterocycles. The van der Waals surface area contributed by atoms with E-state index >= 15 is 0 Å². The predicted molar refractivity (Wildman–Crippen MR) is 59.3 cm³/mol. The molecule has 0 aliphatic carbocycles. The fourth-order valence-corrected chi connectivity index (χ4v) is 1.76. The summed E-state index contributed by atoms with van der Waals surface area (Å²) >= 11 is 0. The Hall–Kier alpha value is -1.18. The van der Waals surface area contributed by atoms with Crippen molar-refractivity contribution in [3.63, 3.8) is 0 Å². The first-order valence-corrected chi connectivity index (χ1v) is 5.28. The molecule has 1 atom stereocenters. The maximum atomic E-state index is 9.51. The SMILES string of the molecule is OB(O)c1cnc(N2CCCC(O)C2)nc1. The minimum absolute atomic E-state index is 0.265. The smallest absolute Gasteiger partial charge is 0.423 e. The number of anilines is 1. The second-order valence-electron chi connectivity index (χ2n) is 3.93. The summed E-state index contributed by atoms with van der Waals surface area (Å²) in [6, 6.07) is 0. The van der Waals surface area contributed by atoms with Crippen LogP contribution < -0.4 is 10.4 Å². The quantitative estimate of drug-likeness (QED) is 0.508. The Morgan fingerprint density at radius 3 is 2.56 bits per heavy atom. The molecular formula is C9H14BN3O3. The van der Waals surface area contributed by atoms with E-state index in [0.29, 0.717) is 12.5 Å². The zero-order valence-electron chi connectivity index (χ0n) is 8.82. The van der Waals surface area contributed by atoms with Gasteiger partial charge in [-0.25, -0.2) is 9.97 Å². The zero-order valence-corrected chi connectivity index (χ0v) is 8.82. The van der Waals surface area contributed by atoms with Crippen molar-refractivity contribution in [3.8, 4) is 0 Å². The van der Waals surface area contributed by atoms with Crippen LogP contribution in [-0.2, 0) is 0 Å². The molecular weight excluding hydrogens is 209 g/mol. The van der Waals surface area contributed by atoms with E-state index in [0.717, 1.165) is 19.4 Å². The highest BCUT2D eigenvalue weighted by Gasteiger charge is 2.20. The third kappa shape index (κ3) is 2.49. The Kier molecular flexibility index (Phi) is 3.38. The molecule has 1 aliphatic rings. The largest absolute Gasteiger partial charge is 0.491 e. The molecule has 86 valence electrons. The molecule has 1 fully saturated rings. The van der Waals surface area contributed by atoms with E-state index < -0.39 is 7.12 Å². The Morgan fingerprint density at radius 2 is 2.00 bits per heavy atom. The molecule has 1 saturated heterocycles. The van der Waals surface area contributed by atoms with Crippen molar-refractivity contribution in [1.82, 2.24) is 9.97 Å². The summed E-state index contributed by atoms with van der Waals surface area (Å²) in [5.74, 6) is 0.517. The second-order valence-corrected chi connectivity index (χ2v) is 3.93. The van der Waals surface area contributed by atoms with Gasteiger partial charge >= 0.3 is 7.12 Å². The maximum absolute atomic E-state index is 9.51. The van der Waals surface area contributed by atoms with Crippen molar-refractivity contribution in [2.75, 3.05) is 18.0 Å². The fraction of sp³-hybridized carbons (Fsp3) is 0.556. The van der Waals surface area contributed by atoms with E-state index in [1.54, 1.807) is 0 Å². The summed E-state index contributed by atoms with van der Waals surface area (Å²) < 4.78 is 0. The summed E-state index contributed by atoms with van der Waals surface area (Å²) in [4.78, 5) is 9.97. The van der Waals surface area contributed by atoms with Gasteiger partial charge in [0, 0.05) is 30.9 Å². The number of aliphatic hydroxyl groups is 1. The van der Waals surface area contributed by atoms with Gasteiger partial charge in [0.15, 0.2) is 0 Å². The van der Waals surface area contributed by atoms with Crippen LogP contribution in [0.5, 0.6) is 0 Å². The summed E-state index contributed by atoms with van der Waals surface area (Å²) in [5, 5.41) is 27.3. The number of β-amino-alcohol motifs (C(OH)–C–C–N with tert-alkyl or cyclic N) is 1. The number of aromatic nitrogens is 2. The normalized spacial score (nSPS) is 20.9. The van der Waals surface area contributed by atoms with Gasteiger partial charge in [0.25, 0.3) is 0 Å². The van der Waals surface area contributed by atoms with Crippen LogP contribution in [-0.4, -0.2) is 51.4 Å². The number of hydrogen-bond donors (Lipinski definition) is 3. The minimum Gasteiger partial charge on any atom is -0.423 e.